The number of carbonyl (C=O) groups excluding carboxylic acids is 1. The van der Waals surface area contributed by atoms with Crippen LogP contribution in [0.4, 0.5) is 21.5 Å². The Morgan fingerprint density at radius 1 is 1.25 bits per heavy atom. The van der Waals surface area contributed by atoms with Crippen molar-refractivity contribution in [3.8, 4) is 5.75 Å². The van der Waals surface area contributed by atoms with Crippen LogP contribution in [0.1, 0.15) is 0 Å². The van der Waals surface area contributed by atoms with E-state index in [1.54, 1.807) is 12.1 Å². The second kappa shape index (κ2) is 7.40. The van der Waals surface area contributed by atoms with E-state index in [1.807, 2.05) is 31.1 Å². The summed E-state index contributed by atoms with van der Waals surface area (Å²) >= 11 is 0. The second-order valence-corrected chi connectivity index (χ2v) is 5.15. The SMILES string of the molecule is CN(C)c1ccc(NC(=O)COc2cc(F)ccc2[N+](=O)[O-])cc1. The van der Waals surface area contributed by atoms with E-state index in [4.69, 9.17) is 4.74 Å². The van der Waals surface area contributed by atoms with E-state index in [1.165, 1.54) is 0 Å². The number of amides is 1. The lowest BCUT2D eigenvalue weighted by molar-refractivity contribution is -0.385. The van der Waals surface area contributed by atoms with Gasteiger partial charge in [-0.2, -0.15) is 0 Å². The van der Waals surface area contributed by atoms with Gasteiger partial charge in [-0.25, -0.2) is 4.39 Å². The highest BCUT2D eigenvalue weighted by Gasteiger charge is 2.17. The Balaban J connectivity index is 1.98. The van der Waals surface area contributed by atoms with Crippen LogP contribution < -0.4 is 15.0 Å². The van der Waals surface area contributed by atoms with Crippen molar-refractivity contribution in [1.29, 1.82) is 0 Å². The highest BCUT2D eigenvalue weighted by Crippen LogP contribution is 2.27. The summed E-state index contributed by atoms with van der Waals surface area (Å²) in [4.78, 5) is 23.9. The van der Waals surface area contributed by atoms with Crippen LogP contribution in [0.25, 0.3) is 0 Å². The molecular weight excluding hydrogens is 317 g/mol. The molecule has 7 nitrogen and oxygen atoms in total. The van der Waals surface area contributed by atoms with Crippen LogP contribution >= 0.6 is 0 Å². The van der Waals surface area contributed by atoms with Gasteiger partial charge in [0.1, 0.15) is 5.82 Å². The normalized spacial score (nSPS) is 10.1. The lowest BCUT2D eigenvalue weighted by Crippen LogP contribution is -2.20. The Morgan fingerprint density at radius 3 is 2.50 bits per heavy atom. The summed E-state index contributed by atoms with van der Waals surface area (Å²) in [6.07, 6.45) is 0. The minimum Gasteiger partial charge on any atom is -0.477 e. The molecule has 0 aromatic heterocycles. The molecule has 2 aromatic rings. The summed E-state index contributed by atoms with van der Waals surface area (Å²) in [7, 11) is 3.79. The summed E-state index contributed by atoms with van der Waals surface area (Å²) < 4.78 is 18.3. The highest BCUT2D eigenvalue weighted by molar-refractivity contribution is 5.92. The van der Waals surface area contributed by atoms with Crippen molar-refractivity contribution in [3.63, 3.8) is 0 Å². The number of nitrogens with one attached hydrogen (secondary N) is 1. The molecular formula is C16H16FN3O4. The topological polar surface area (TPSA) is 84.7 Å². The molecule has 0 radical (unpaired) electrons. The maximum Gasteiger partial charge on any atom is 0.311 e. The minimum atomic E-state index is -0.702. The zero-order chi connectivity index (χ0) is 17.7. The molecule has 0 aliphatic carbocycles. The molecule has 0 aliphatic heterocycles. The Hall–Kier alpha value is -3.16. The number of nitro benzene ring substituents is 1. The molecule has 1 N–H and O–H groups in total. The molecule has 8 heteroatoms. The van der Waals surface area contributed by atoms with Gasteiger partial charge in [0.25, 0.3) is 5.91 Å². The van der Waals surface area contributed by atoms with E-state index >= 15 is 0 Å². The number of nitrogens with zero attached hydrogens (tertiary/aromatic N) is 2. The fraction of sp³-hybridized carbons (Fsp3) is 0.188. The van der Waals surface area contributed by atoms with Crippen molar-refractivity contribution in [2.24, 2.45) is 0 Å². The van der Waals surface area contributed by atoms with Crippen molar-refractivity contribution in [2.45, 2.75) is 0 Å². The van der Waals surface area contributed by atoms with Gasteiger partial charge in [0, 0.05) is 37.6 Å². The summed E-state index contributed by atoms with van der Waals surface area (Å²) in [6, 6.07) is 9.91. The molecule has 0 bridgehead atoms. The number of anilines is 2. The number of ether oxygens (including phenoxy) is 1. The third-order valence-electron chi connectivity index (χ3n) is 3.14. The summed E-state index contributed by atoms with van der Waals surface area (Å²) in [5.74, 6) is -1.49. The van der Waals surface area contributed by atoms with Crippen LogP contribution in [0.3, 0.4) is 0 Å². The molecule has 0 fully saturated rings. The number of nitro groups is 1. The van der Waals surface area contributed by atoms with Gasteiger partial charge in [-0.3, -0.25) is 14.9 Å². The first-order valence-electron chi connectivity index (χ1n) is 7.01. The summed E-state index contributed by atoms with van der Waals surface area (Å²) in [6.45, 7) is -0.472. The van der Waals surface area contributed by atoms with Crippen molar-refractivity contribution in [3.05, 3.63) is 58.4 Å². The lowest BCUT2D eigenvalue weighted by Gasteiger charge is -2.13. The highest BCUT2D eigenvalue weighted by atomic mass is 19.1. The number of halogens is 1. The zero-order valence-corrected chi connectivity index (χ0v) is 13.2. The fourth-order valence-electron chi connectivity index (χ4n) is 1.94. The van der Waals surface area contributed by atoms with Crippen molar-refractivity contribution < 1.29 is 18.8 Å². The van der Waals surface area contributed by atoms with E-state index in [0.29, 0.717) is 5.69 Å². The molecule has 2 rings (SSSR count). The van der Waals surface area contributed by atoms with Gasteiger partial charge in [-0.1, -0.05) is 0 Å². The molecule has 0 saturated carbocycles. The average molecular weight is 333 g/mol. The number of hydrogen-bond acceptors (Lipinski definition) is 5. The monoisotopic (exact) mass is 333 g/mol. The standard InChI is InChI=1S/C16H16FN3O4/c1-19(2)13-6-4-12(5-7-13)18-16(21)10-24-15-9-11(17)3-8-14(15)20(22)23/h3-9H,10H2,1-2H3,(H,18,21). The molecule has 0 atom stereocenters. The Morgan fingerprint density at radius 2 is 1.92 bits per heavy atom. The van der Waals surface area contributed by atoms with Gasteiger partial charge in [0.2, 0.25) is 5.75 Å². The number of carbonyl (C=O) groups is 1. The van der Waals surface area contributed by atoms with E-state index in [9.17, 15) is 19.3 Å². The average Bonchev–Trinajstić information content (AvgIpc) is 2.53. The predicted molar refractivity (Wildman–Crippen MR) is 87.9 cm³/mol. The van der Waals surface area contributed by atoms with Gasteiger partial charge in [-0.05, 0) is 30.3 Å². The fourth-order valence-corrected chi connectivity index (χ4v) is 1.94. The van der Waals surface area contributed by atoms with Crippen LogP contribution in [0.15, 0.2) is 42.5 Å². The largest absolute Gasteiger partial charge is 0.477 e. The van der Waals surface area contributed by atoms with E-state index in [2.05, 4.69) is 5.32 Å². The molecule has 2 aromatic carbocycles. The van der Waals surface area contributed by atoms with E-state index in [-0.39, 0.29) is 5.75 Å². The number of benzene rings is 2. The Bertz CT molecular complexity index is 747. The van der Waals surface area contributed by atoms with Gasteiger partial charge in [-0.15, -0.1) is 0 Å². The Kier molecular flexibility index (Phi) is 5.31. The molecule has 24 heavy (non-hydrogen) atoms. The van der Waals surface area contributed by atoms with E-state index in [0.717, 1.165) is 23.9 Å². The zero-order valence-electron chi connectivity index (χ0n) is 13.2. The summed E-state index contributed by atoms with van der Waals surface area (Å²) in [5, 5.41) is 13.4. The maximum atomic E-state index is 13.2. The first kappa shape index (κ1) is 17.2. The van der Waals surface area contributed by atoms with Crippen molar-refractivity contribution >= 4 is 23.0 Å². The van der Waals surface area contributed by atoms with Crippen LogP contribution in [-0.4, -0.2) is 31.5 Å². The molecule has 0 spiro atoms. The third-order valence-corrected chi connectivity index (χ3v) is 3.14. The van der Waals surface area contributed by atoms with Crippen molar-refractivity contribution in [2.75, 3.05) is 30.9 Å². The molecule has 0 aliphatic rings. The van der Waals surface area contributed by atoms with Crippen LogP contribution in [0.5, 0.6) is 5.75 Å². The smallest absolute Gasteiger partial charge is 0.311 e. The minimum absolute atomic E-state index is 0.293. The van der Waals surface area contributed by atoms with E-state index < -0.39 is 28.9 Å². The summed E-state index contributed by atoms with van der Waals surface area (Å²) in [5.41, 5.74) is 1.13. The van der Waals surface area contributed by atoms with Crippen LogP contribution in [-0.2, 0) is 4.79 Å². The maximum absolute atomic E-state index is 13.2. The third kappa shape index (κ3) is 4.42. The van der Waals surface area contributed by atoms with Crippen LogP contribution in [0, 0.1) is 15.9 Å². The van der Waals surface area contributed by atoms with Crippen LogP contribution in [0.2, 0.25) is 0 Å². The lowest BCUT2D eigenvalue weighted by atomic mass is 10.2. The second-order valence-electron chi connectivity index (χ2n) is 5.15. The first-order valence-corrected chi connectivity index (χ1v) is 7.01. The molecule has 0 saturated heterocycles. The van der Waals surface area contributed by atoms with Gasteiger partial charge in [0.15, 0.2) is 6.61 Å². The quantitative estimate of drug-likeness (QED) is 0.649. The van der Waals surface area contributed by atoms with Gasteiger partial charge >= 0.3 is 5.69 Å². The number of hydrogen-bond donors (Lipinski definition) is 1. The van der Waals surface area contributed by atoms with Crippen molar-refractivity contribution in [1.82, 2.24) is 0 Å². The molecule has 0 unspecified atom stereocenters. The molecule has 126 valence electrons. The van der Waals surface area contributed by atoms with Gasteiger partial charge in [0.05, 0.1) is 4.92 Å². The number of rotatable bonds is 6. The molecule has 1 amide bonds. The molecule has 0 heterocycles. The first-order chi connectivity index (χ1) is 11.4. The Labute approximate surface area is 137 Å². The predicted octanol–water partition coefficient (Wildman–Crippen LogP) is 2.82. The van der Waals surface area contributed by atoms with Gasteiger partial charge < -0.3 is 15.0 Å².